The smallest absolute Gasteiger partial charge is 0.144 e. The zero-order valence-electron chi connectivity index (χ0n) is 20.0. The van der Waals surface area contributed by atoms with E-state index < -0.39 is 0 Å². The van der Waals surface area contributed by atoms with Crippen molar-refractivity contribution in [2.75, 3.05) is 5.32 Å². The van der Waals surface area contributed by atoms with E-state index in [1.165, 1.54) is 11.6 Å². The molecule has 6 rings (SSSR count). The lowest BCUT2D eigenvalue weighted by Crippen LogP contribution is -2.35. The molecular formula is C32H26FNO. The summed E-state index contributed by atoms with van der Waals surface area (Å²) in [6, 6.07) is 29.6. The average Bonchev–Trinajstić information content (AvgIpc) is 2.86. The average molecular weight is 460 g/mol. The number of anilines is 1. The van der Waals surface area contributed by atoms with Crippen molar-refractivity contribution in [1.29, 1.82) is 0 Å². The molecule has 0 unspecified atom stereocenters. The Hall–Kier alpha value is -4.11. The zero-order chi connectivity index (χ0) is 24.2. The first kappa shape index (κ1) is 21.4. The van der Waals surface area contributed by atoms with Crippen LogP contribution >= 0.6 is 0 Å². The van der Waals surface area contributed by atoms with Crippen LogP contribution in [0, 0.1) is 5.82 Å². The lowest BCUT2D eigenvalue weighted by molar-refractivity contribution is 0.510. The summed E-state index contributed by atoms with van der Waals surface area (Å²) in [5, 5.41) is 3.69. The molecule has 0 amide bonds. The summed E-state index contributed by atoms with van der Waals surface area (Å²) in [5.74, 6) is 1.16. The first-order chi connectivity index (χ1) is 16.9. The van der Waals surface area contributed by atoms with Crippen LogP contribution in [-0.4, -0.2) is 5.54 Å². The molecule has 2 aliphatic heterocycles. The first-order valence-electron chi connectivity index (χ1n) is 11.9. The summed E-state index contributed by atoms with van der Waals surface area (Å²) in [6.45, 7) is 6.50. The van der Waals surface area contributed by atoms with E-state index in [1.807, 2.05) is 36.4 Å². The Kier molecular flexibility index (Phi) is 4.89. The number of halogens is 1. The van der Waals surface area contributed by atoms with Gasteiger partial charge in [-0.1, -0.05) is 72.8 Å². The maximum atomic E-state index is 14.4. The minimum Gasteiger partial charge on any atom is -0.455 e. The van der Waals surface area contributed by atoms with Gasteiger partial charge in [-0.15, -0.1) is 0 Å². The van der Waals surface area contributed by atoms with Gasteiger partial charge in [0.25, 0.3) is 0 Å². The van der Waals surface area contributed by atoms with Gasteiger partial charge in [0.1, 0.15) is 17.3 Å². The van der Waals surface area contributed by atoms with Crippen LogP contribution in [0.15, 0.2) is 96.6 Å². The highest BCUT2D eigenvalue weighted by atomic mass is 19.1. The molecule has 35 heavy (non-hydrogen) atoms. The molecule has 0 aliphatic carbocycles. The van der Waals surface area contributed by atoms with Crippen molar-refractivity contribution in [3.8, 4) is 16.9 Å². The molecule has 0 fully saturated rings. The third kappa shape index (κ3) is 3.55. The second kappa shape index (κ2) is 7.99. The number of hydrogen-bond donors (Lipinski definition) is 1. The fourth-order valence-corrected chi connectivity index (χ4v) is 4.96. The normalized spacial score (nSPS) is 15.1. The maximum Gasteiger partial charge on any atom is 0.144 e. The fourth-order valence-electron chi connectivity index (χ4n) is 4.96. The van der Waals surface area contributed by atoms with E-state index in [9.17, 15) is 4.39 Å². The molecule has 3 heteroatoms. The van der Waals surface area contributed by atoms with Crippen LogP contribution in [0.25, 0.3) is 28.5 Å². The van der Waals surface area contributed by atoms with Crippen molar-refractivity contribution in [3.63, 3.8) is 0 Å². The van der Waals surface area contributed by atoms with Gasteiger partial charge in [-0.05, 0) is 67.3 Å². The molecule has 2 heterocycles. The maximum absolute atomic E-state index is 14.4. The van der Waals surface area contributed by atoms with Crippen LogP contribution in [-0.2, 0) is 0 Å². The van der Waals surface area contributed by atoms with Crippen LogP contribution in [0.5, 0.6) is 5.75 Å². The predicted molar refractivity (Wildman–Crippen MR) is 143 cm³/mol. The minimum atomic E-state index is -0.277. The van der Waals surface area contributed by atoms with Gasteiger partial charge in [-0.2, -0.15) is 0 Å². The van der Waals surface area contributed by atoms with Crippen LogP contribution in [0.3, 0.4) is 0 Å². The molecule has 0 spiro atoms. The highest BCUT2D eigenvalue weighted by molar-refractivity contribution is 6.05. The lowest BCUT2D eigenvalue weighted by Gasteiger charge is -2.36. The SMILES string of the molecule is CC1=Cc2c(ccc3c2C(=C(c2ccccc2)c2ccccc2)Oc2ccc(F)cc2-3)NC1(C)C. The number of benzene rings is 4. The quantitative estimate of drug-likeness (QED) is 0.325. The molecule has 2 aliphatic rings. The van der Waals surface area contributed by atoms with Crippen LogP contribution in [0.1, 0.15) is 43.0 Å². The topological polar surface area (TPSA) is 21.3 Å². The van der Waals surface area contributed by atoms with Gasteiger partial charge < -0.3 is 10.1 Å². The van der Waals surface area contributed by atoms with Crippen molar-refractivity contribution in [3.05, 3.63) is 125 Å². The van der Waals surface area contributed by atoms with Gasteiger partial charge in [0.05, 0.1) is 5.54 Å². The predicted octanol–water partition coefficient (Wildman–Crippen LogP) is 8.41. The number of rotatable bonds is 2. The van der Waals surface area contributed by atoms with Crippen LogP contribution in [0.2, 0.25) is 0 Å². The van der Waals surface area contributed by atoms with E-state index in [-0.39, 0.29) is 11.4 Å². The second-order valence-electron chi connectivity index (χ2n) is 9.71. The van der Waals surface area contributed by atoms with Gasteiger partial charge in [0, 0.05) is 28.0 Å². The number of ether oxygens (including phenoxy) is 1. The summed E-state index contributed by atoms with van der Waals surface area (Å²) in [6.07, 6.45) is 2.24. The third-order valence-electron chi connectivity index (χ3n) is 7.06. The van der Waals surface area contributed by atoms with Gasteiger partial charge in [-0.25, -0.2) is 4.39 Å². The van der Waals surface area contributed by atoms with E-state index in [2.05, 4.69) is 68.6 Å². The Labute approximate surface area is 205 Å². The minimum absolute atomic E-state index is 0.160. The number of fused-ring (bicyclic) bond motifs is 5. The number of hydrogen-bond acceptors (Lipinski definition) is 2. The van der Waals surface area contributed by atoms with Crippen molar-refractivity contribution in [1.82, 2.24) is 0 Å². The molecule has 0 atom stereocenters. The van der Waals surface area contributed by atoms with E-state index in [0.29, 0.717) is 5.75 Å². The Morgan fingerprint density at radius 2 is 1.46 bits per heavy atom. The molecule has 172 valence electrons. The summed E-state index contributed by atoms with van der Waals surface area (Å²) in [4.78, 5) is 0. The fraction of sp³-hybridized carbons (Fsp3) is 0.125. The Morgan fingerprint density at radius 1 is 0.800 bits per heavy atom. The summed E-state index contributed by atoms with van der Waals surface area (Å²) < 4.78 is 21.1. The van der Waals surface area contributed by atoms with Crippen molar-refractivity contribution in [2.24, 2.45) is 0 Å². The largest absolute Gasteiger partial charge is 0.455 e. The molecule has 1 N–H and O–H groups in total. The van der Waals surface area contributed by atoms with E-state index in [4.69, 9.17) is 4.74 Å². The molecule has 0 bridgehead atoms. The van der Waals surface area contributed by atoms with Crippen molar-refractivity contribution >= 4 is 23.1 Å². The highest BCUT2D eigenvalue weighted by Crippen LogP contribution is 2.50. The zero-order valence-corrected chi connectivity index (χ0v) is 20.0. The summed E-state index contributed by atoms with van der Waals surface area (Å²) in [5.41, 5.74) is 9.01. The molecular weight excluding hydrogens is 433 g/mol. The van der Waals surface area contributed by atoms with Crippen molar-refractivity contribution < 1.29 is 9.13 Å². The third-order valence-corrected chi connectivity index (χ3v) is 7.06. The van der Waals surface area contributed by atoms with Crippen LogP contribution in [0.4, 0.5) is 10.1 Å². The molecule has 4 aromatic carbocycles. The molecule has 0 aromatic heterocycles. The van der Waals surface area contributed by atoms with E-state index >= 15 is 0 Å². The Bertz CT molecular complexity index is 1470. The molecule has 2 nitrogen and oxygen atoms in total. The van der Waals surface area contributed by atoms with Crippen molar-refractivity contribution in [2.45, 2.75) is 26.3 Å². The molecule has 0 saturated heterocycles. The van der Waals surface area contributed by atoms with Gasteiger partial charge in [0.2, 0.25) is 0 Å². The van der Waals surface area contributed by atoms with E-state index in [0.717, 1.165) is 50.4 Å². The van der Waals surface area contributed by atoms with Gasteiger partial charge in [0.15, 0.2) is 0 Å². The van der Waals surface area contributed by atoms with E-state index in [1.54, 1.807) is 12.1 Å². The summed E-state index contributed by atoms with van der Waals surface area (Å²) >= 11 is 0. The Morgan fingerprint density at radius 3 is 2.11 bits per heavy atom. The monoisotopic (exact) mass is 459 g/mol. The second-order valence-corrected chi connectivity index (χ2v) is 9.71. The molecule has 0 saturated carbocycles. The lowest BCUT2D eigenvalue weighted by atomic mass is 9.81. The molecule has 4 aromatic rings. The highest BCUT2D eigenvalue weighted by Gasteiger charge is 2.33. The Balaban J connectivity index is 1.75. The van der Waals surface area contributed by atoms with Crippen LogP contribution < -0.4 is 10.1 Å². The molecule has 0 radical (unpaired) electrons. The first-order valence-corrected chi connectivity index (χ1v) is 11.9. The summed E-state index contributed by atoms with van der Waals surface area (Å²) in [7, 11) is 0. The van der Waals surface area contributed by atoms with Gasteiger partial charge in [-0.3, -0.25) is 0 Å². The standard InChI is InChI=1S/C32H26FNO/c1-20-18-26-27(34-32(20,2)3)16-15-24-25-19-23(33)14-17-28(25)35-31(30(24)26)29(21-10-6-4-7-11-21)22-12-8-5-9-13-22/h4-19,34H,1-3H3. The number of nitrogens with one attached hydrogen (secondary N) is 1. The van der Waals surface area contributed by atoms with Gasteiger partial charge >= 0.3 is 0 Å².